The van der Waals surface area contributed by atoms with Crippen molar-refractivity contribution in [1.82, 2.24) is 9.88 Å². The minimum atomic E-state index is -1.53. The van der Waals surface area contributed by atoms with Crippen LogP contribution in [0.3, 0.4) is 0 Å². The van der Waals surface area contributed by atoms with E-state index < -0.39 is 30.1 Å². The summed E-state index contributed by atoms with van der Waals surface area (Å²) < 4.78 is 51.0. The molecule has 3 aliphatic heterocycles. The van der Waals surface area contributed by atoms with Gasteiger partial charge in [0.05, 0.1) is 43.8 Å². The number of aliphatic hydroxyl groups is 2. The molecule has 2 fully saturated rings. The number of rotatable bonds is 24. The molecule has 5 aliphatic rings. The van der Waals surface area contributed by atoms with Crippen molar-refractivity contribution in [3.8, 4) is 23.0 Å². The number of ether oxygens (including phenoxy) is 8. The minimum absolute atomic E-state index is 0.00524. The molecule has 0 radical (unpaired) electrons. The maximum absolute atomic E-state index is 15.2. The number of benzene rings is 3. The molecule has 2 N–H and O–H groups in total. The van der Waals surface area contributed by atoms with E-state index in [0.29, 0.717) is 61.2 Å². The maximum atomic E-state index is 15.2. The molecule has 1 saturated carbocycles. The zero-order valence-corrected chi connectivity index (χ0v) is 41.4. The molecule has 4 heterocycles. The number of carbonyl (C=O) groups excluding carboxylic acids is 1. The Morgan fingerprint density at radius 2 is 1.74 bits per heavy atom. The lowest BCUT2D eigenvalue weighted by molar-refractivity contribution is -0.256. The van der Waals surface area contributed by atoms with Gasteiger partial charge in [0.15, 0.2) is 11.5 Å². The van der Waals surface area contributed by atoms with Crippen molar-refractivity contribution in [3.05, 3.63) is 137 Å². The highest BCUT2D eigenvalue weighted by Gasteiger charge is 2.66. The van der Waals surface area contributed by atoms with Crippen LogP contribution in [0.2, 0.25) is 0 Å². The average molecular weight is 988 g/mol. The fraction of sp³-hybridized carbons (Fsp3) is 0.491. The third kappa shape index (κ3) is 11.9. The molecule has 72 heavy (non-hydrogen) atoms. The van der Waals surface area contributed by atoms with E-state index in [-0.39, 0.29) is 77.2 Å². The van der Waals surface area contributed by atoms with Crippen LogP contribution < -0.4 is 18.9 Å². The molecule has 2 aliphatic carbocycles. The Bertz CT molecular complexity index is 2500. The van der Waals surface area contributed by atoms with Crippen LogP contribution in [0.15, 0.2) is 114 Å². The van der Waals surface area contributed by atoms with Gasteiger partial charge in [-0.15, -0.1) is 6.58 Å². The Balaban J connectivity index is 1.17. The Kier molecular flexibility index (Phi) is 17.4. The van der Waals surface area contributed by atoms with Crippen molar-refractivity contribution in [1.29, 1.82) is 0 Å². The fourth-order valence-electron chi connectivity index (χ4n) is 11.1. The monoisotopic (exact) mass is 987 g/mol. The molecule has 9 rings (SSSR count). The number of fused-ring (bicyclic) bond motifs is 3. The number of aromatic nitrogens is 1. The Hall–Kier alpha value is -5.97. The van der Waals surface area contributed by atoms with Crippen molar-refractivity contribution in [2.75, 3.05) is 46.4 Å². The quantitative estimate of drug-likeness (QED) is 0.0387. The molecule has 15 heteroatoms. The molecule has 4 aromatic rings. The summed E-state index contributed by atoms with van der Waals surface area (Å²) in [4.78, 5) is 27.9. The Morgan fingerprint density at radius 1 is 0.903 bits per heavy atom. The van der Waals surface area contributed by atoms with Crippen molar-refractivity contribution in [2.24, 2.45) is 22.9 Å². The highest BCUT2D eigenvalue weighted by atomic mass is 16.8. The molecule has 1 amide bonds. The topological polar surface area (TPSA) is 169 Å². The van der Waals surface area contributed by atoms with Crippen LogP contribution in [0.1, 0.15) is 98.2 Å². The number of carbonyl (C=O) groups is 1. The smallest absolute Gasteiger partial charge is 0.410 e. The Labute approximate surface area is 422 Å². The number of aliphatic hydroxyl groups excluding tert-OH is 2. The lowest BCUT2D eigenvalue weighted by atomic mass is 9.55. The molecule has 3 aromatic carbocycles. The standard InChI is InChI=1S/C57H69N3O12/c1-3-27-70-57-52(60(35-41-21-23-50-51(31-41)69-38-68-50)56(63)66-30-29-64-36-40-15-5-4-6-16-40)34-48(59-72-53-20-9-12-28-65-53)46-32-42(17-7-10-25-61)45(19-8-11-26-62)54(55(46)57)47-33-44(22-24-49(47)71-57)67-37-43-18-13-14-39(2)58-43/h3-6,13-16,18,21-24,31-33,42,45,52-55,61-62H,1,7-12,17,19-20,25-30,34-38H2,2H3/t42-,45+,52-,53?,54+,55+,57+/m0/s1. The average Bonchev–Trinajstić information content (AvgIpc) is 3.88. The first-order valence-electron chi connectivity index (χ1n) is 25.7. The van der Waals surface area contributed by atoms with E-state index in [4.69, 9.17) is 47.9 Å². The van der Waals surface area contributed by atoms with E-state index in [1.807, 2.05) is 85.8 Å². The van der Waals surface area contributed by atoms with Gasteiger partial charge in [-0.2, -0.15) is 0 Å². The lowest BCUT2D eigenvalue weighted by Gasteiger charge is -2.60. The van der Waals surface area contributed by atoms with E-state index in [1.165, 1.54) is 0 Å². The van der Waals surface area contributed by atoms with Gasteiger partial charge < -0.3 is 52.9 Å². The summed E-state index contributed by atoms with van der Waals surface area (Å²) in [6.45, 7) is 7.87. The summed E-state index contributed by atoms with van der Waals surface area (Å²) in [5.41, 5.74) is 6.01. The molecule has 384 valence electrons. The number of amides is 1. The predicted molar refractivity (Wildman–Crippen MR) is 268 cm³/mol. The summed E-state index contributed by atoms with van der Waals surface area (Å²) in [6, 6.07) is 26.5. The van der Waals surface area contributed by atoms with Crippen LogP contribution in [-0.2, 0) is 43.5 Å². The molecule has 1 aromatic heterocycles. The third-order valence-electron chi connectivity index (χ3n) is 14.4. The van der Waals surface area contributed by atoms with Gasteiger partial charge in [0.1, 0.15) is 30.8 Å². The summed E-state index contributed by atoms with van der Waals surface area (Å²) in [5, 5.41) is 25.2. The number of pyridine rings is 1. The highest BCUT2D eigenvalue weighted by molar-refractivity contribution is 6.03. The SMILES string of the molecule is C=CCO[C@@]12Oc3ccc(OCc4cccc(C)n4)cc3[C@H]3[C@H](CCCCO)[C@@H](CCCCO)C=C(C(=NOC4CCCCO4)C[C@@H]1N(Cc1ccc4c(c1)OCO4)C(=O)OCCOCc1ccccc1)[C@H]32. The zero-order valence-electron chi connectivity index (χ0n) is 41.4. The molecule has 1 unspecified atom stereocenters. The van der Waals surface area contributed by atoms with Gasteiger partial charge in [-0.1, -0.05) is 72.6 Å². The second-order valence-corrected chi connectivity index (χ2v) is 19.2. The summed E-state index contributed by atoms with van der Waals surface area (Å²) in [7, 11) is 0. The molecular weight excluding hydrogens is 919 g/mol. The zero-order chi connectivity index (χ0) is 49.7. The van der Waals surface area contributed by atoms with E-state index in [9.17, 15) is 10.2 Å². The molecule has 1 saturated heterocycles. The van der Waals surface area contributed by atoms with E-state index in [0.717, 1.165) is 72.2 Å². The van der Waals surface area contributed by atoms with Crippen molar-refractivity contribution >= 4 is 11.8 Å². The Morgan fingerprint density at radius 3 is 2.54 bits per heavy atom. The van der Waals surface area contributed by atoms with Gasteiger partial charge in [-0.25, -0.2) is 4.79 Å². The summed E-state index contributed by atoms with van der Waals surface area (Å²) in [5.74, 6) is 0.141. The maximum Gasteiger partial charge on any atom is 0.410 e. The number of hydrogen-bond donors (Lipinski definition) is 2. The van der Waals surface area contributed by atoms with E-state index in [2.05, 4.69) is 23.7 Å². The van der Waals surface area contributed by atoms with Crippen molar-refractivity contribution in [2.45, 2.75) is 115 Å². The molecule has 0 bridgehead atoms. The lowest BCUT2D eigenvalue weighted by Crippen LogP contribution is -2.70. The van der Waals surface area contributed by atoms with Crippen molar-refractivity contribution < 1.29 is 57.7 Å². The van der Waals surface area contributed by atoms with Crippen LogP contribution in [0.25, 0.3) is 0 Å². The minimum Gasteiger partial charge on any atom is -0.487 e. The predicted octanol–water partition coefficient (Wildman–Crippen LogP) is 9.71. The second kappa shape index (κ2) is 24.6. The normalized spacial score (nSPS) is 24.3. The van der Waals surface area contributed by atoms with E-state index >= 15 is 4.79 Å². The van der Waals surface area contributed by atoms with Gasteiger partial charge in [0.2, 0.25) is 18.9 Å². The number of hydrogen-bond acceptors (Lipinski definition) is 14. The number of oxime groups is 1. The van der Waals surface area contributed by atoms with Gasteiger partial charge in [0.25, 0.3) is 0 Å². The van der Waals surface area contributed by atoms with Crippen LogP contribution in [0.4, 0.5) is 4.79 Å². The third-order valence-corrected chi connectivity index (χ3v) is 14.4. The summed E-state index contributed by atoms with van der Waals surface area (Å²) >= 11 is 0. The molecule has 0 spiro atoms. The number of nitrogens with zero attached hydrogens (tertiary/aromatic N) is 3. The van der Waals surface area contributed by atoms with Gasteiger partial charge in [-0.3, -0.25) is 9.88 Å². The van der Waals surface area contributed by atoms with Crippen LogP contribution in [-0.4, -0.2) is 96.5 Å². The fourth-order valence-corrected chi connectivity index (χ4v) is 11.1. The van der Waals surface area contributed by atoms with Gasteiger partial charge in [-0.05, 0) is 116 Å². The number of aryl methyl sites for hydroxylation is 1. The number of allylic oxidation sites excluding steroid dienone is 1. The van der Waals surface area contributed by atoms with Crippen LogP contribution >= 0.6 is 0 Å². The number of unbranched alkanes of at least 4 members (excludes halogenated alkanes) is 2. The summed E-state index contributed by atoms with van der Waals surface area (Å²) in [6.07, 6.45) is 10.1. The largest absolute Gasteiger partial charge is 0.487 e. The van der Waals surface area contributed by atoms with Crippen molar-refractivity contribution in [3.63, 3.8) is 0 Å². The first kappa shape index (κ1) is 51.0. The first-order chi connectivity index (χ1) is 35.4. The van der Waals surface area contributed by atoms with Gasteiger partial charge >= 0.3 is 6.09 Å². The first-order valence-corrected chi connectivity index (χ1v) is 25.7. The second-order valence-electron chi connectivity index (χ2n) is 19.2. The van der Waals surface area contributed by atoms with Crippen LogP contribution in [0, 0.1) is 24.7 Å². The molecular formula is C57H69N3O12. The van der Waals surface area contributed by atoms with E-state index in [1.54, 1.807) is 11.0 Å². The van der Waals surface area contributed by atoms with Crippen LogP contribution in [0.5, 0.6) is 23.0 Å². The molecule has 15 nitrogen and oxygen atoms in total. The highest BCUT2D eigenvalue weighted by Crippen LogP contribution is 2.62. The molecule has 7 atom stereocenters. The van der Waals surface area contributed by atoms with Gasteiger partial charge in [0, 0.05) is 49.8 Å².